The summed E-state index contributed by atoms with van der Waals surface area (Å²) in [4.78, 5) is 26.1. The smallest absolute Gasteiger partial charge is 0.417 e. The SMILES string of the molecule is COc1ccc(C(=O)Nc2ccc3oc(=O)[nH]c3c2)c(OC)c1. The number of methoxy groups -OCH3 is 2. The van der Waals surface area contributed by atoms with E-state index in [1.54, 1.807) is 36.4 Å². The Morgan fingerprint density at radius 1 is 1.13 bits per heavy atom. The molecule has 0 unspecified atom stereocenters. The maximum atomic E-state index is 12.4. The Morgan fingerprint density at radius 3 is 2.70 bits per heavy atom. The Bertz CT molecular complexity index is 926. The molecule has 0 saturated carbocycles. The minimum atomic E-state index is -0.541. The van der Waals surface area contributed by atoms with E-state index >= 15 is 0 Å². The average molecular weight is 314 g/mol. The van der Waals surface area contributed by atoms with Gasteiger partial charge in [0.05, 0.1) is 25.3 Å². The zero-order valence-corrected chi connectivity index (χ0v) is 12.5. The van der Waals surface area contributed by atoms with Crippen LogP contribution < -0.4 is 20.5 Å². The van der Waals surface area contributed by atoms with E-state index in [0.717, 1.165) is 0 Å². The quantitative estimate of drug-likeness (QED) is 0.771. The highest BCUT2D eigenvalue weighted by atomic mass is 16.5. The van der Waals surface area contributed by atoms with Crippen molar-refractivity contribution in [1.29, 1.82) is 0 Å². The second kappa shape index (κ2) is 5.88. The van der Waals surface area contributed by atoms with Gasteiger partial charge in [-0.25, -0.2) is 4.79 Å². The molecule has 3 rings (SSSR count). The molecule has 0 saturated heterocycles. The van der Waals surface area contributed by atoms with Gasteiger partial charge in [0.1, 0.15) is 11.5 Å². The number of rotatable bonds is 4. The normalized spacial score (nSPS) is 10.5. The van der Waals surface area contributed by atoms with Gasteiger partial charge >= 0.3 is 5.76 Å². The summed E-state index contributed by atoms with van der Waals surface area (Å²) in [7, 11) is 3.02. The van der Waals surface area contributed by atoms with Gasteiger partial charge < -0.3 is 19.2 Å². The Labute approximate surface area is 130 Å². The number of amides is 1. The van der Waals surface area contributed by atoms with Crippen molar-refractivity contribution in [3.8, 4) is 11.5 Å². The van der Waals surface area contributed by atoms with Crippen molar-refractivity contribution < 1.29 is 18.7 Å². The number of carbonyl (C=O) groups is 1. The van der Waals surface area contributed by atoms with Gasteiger partial charge in [0.15, 0.2) is 5.58 Å². The predicted molar refractivity (Wildman–Crippen MR) is 84.3 cm³/mol. The van der Waals surface area contributed by atoms with Crippen LogP contribution in [-0.4, -0.2) is 25.1 Å². The standard InChI is InChI=1S/C16H14N2O5/c1-21-10-4-5-11(14(8-10)22-2)15(19)17-9-3-6-13-12(7-9)18-16(20)23-13/h3-8H,1-2H3,(H,17,19)(H,18,20). The Morgan fingerprint density at radius 2 is 1.96 bits per heavy atom. The molecule has 1 aromatic heterocycles. The molecule has 0 spiro atoms. The molecule has 1 heterocycles. The van der Waals surface area contributed by atoms with Crippen molar-refractivity contribution >= 4 is 22.7 Å². The van der Waals surface area contributed by atoms with Crippen LogP contribution in [0, 0.1) is 0 Å². The summed E-state index contributed by atoms with van der Waals surface area (Å²) < 4.78 is 15.2. The van der Waals surface area contributed by atoms with E-state index < -0.39 is 5.76 Å². The molecule has 0 bridgehead atoms. The monoisotopic (exact) mass is 314 g/mol. The summed E-state index contributed by atoms with van der Waals surface area (Å²) >= 11 is 0. The van der Waals surface area contributed by atoms with Crippen LogP contribution in [0.3, 0.4) is 0 Å². The highest BCUT2D eigenvalue weighted by Crippen LogP contribution is 2.26. The van der Waals surface area contributed by atoms with Crippen LogP contribution >= 0.6 is 0 Å². The molecule has 0 atom stereocenters. The highest BCUT2D eigenvalue weighted by Gasteiger charge is 2.14. The van der Waals surface area contributed by atoms with Crippen LogP contribution in [0.25, 0.3) is 11.1 Å². The maximum Gasteiger partial charge on any atom is 0.417 e. The fraction of sp³-hybridized carbons (Fsp3) is 0.125. The van der Waals surface area contributed by atoms with E-state index in [0.29, 0.717) is 33.8 Å². The lowest BCUT2D eigenvalue weighted by Gasteiger charge is -2.10. The number of benzene rings is 2. The number of oxazole rings is 1. The fourth-order valence-electron chi connectivity index (χ4n) is 2.21. The Balaban J connectivity index is 1.89. The number of fused-ring (bicyclic) bond motifs is 1. The molecule has 0 aliphatic rings. The predicted octanol–water partition coefficient (Wildman–Crippen LogP) is 2.39. The lowest BCUT2D eigenvalue weighted by atomic mass is 10.1. The summed E-state index contributed by atoms with van der Waals surface area (Å²) in [5.41, 5.74) is 1.83. The molecular weight excluding hydrogens is 300 g/mol. The number of hydrogen-bond acceptors (Lipinski definition) is 5. The van der Waals surface area contributed by atoms with Gasteiger partial charge in [-0.2, -0.15) is 0 Å². The highest BCUT2D eigenvalue weighted by molar-refractivity contribution is 6.06. The zero-order valence-electron chi connectivity index (χ0n) is 12.5. The molecule has 2 N–H and O–H groups in total. The molecule has 1 amide bonds. The zero-order chi connectivity index (χ0) is 16.4. The first-order chi connectivity index (χ1) is 11.1. The van der Waals surface area contributed by atoms with E-state index in [1.165, 1.54) is 14.2 Å². The van der Waals surface area contributed by atoms with Crippen LogP contribution in [0.15, 0.2) is 45.6 Å². The average Bonchev–Trinajstić information content (AvgIpc) is 2.93. The summed E-state index contributed by atoms with van der Waals surface area (Å²) in [5, 5.41) is 2.75. The molecular formula is C16H14N2O5. The van der Waals surface area contributed by atoms with E-state index in [-0.39, 0.29) is 5.91 Å². The number of carbonyl (C=O) groups excluding carboxylic acids is 1. The van der Waals surface area contributed by atoms with E-state index in [2.05, 4.69) is 10.3 Å². The molecule has 3 aromatic rings. The number of hydrogen-bond donors (Lipinski definition) is 2. The lowest BCUT2D eigenvalue weighted by Crippen LogP contribution is -2.13. The van der Waals surface area contributed by atoms with Crippen LogP contribution in [0.2, 0.25) is 0 Å². The molecule has 7 heteroatoms. The largest absolute Gasteiger partial charge is 0.497 e. The van der Waals surface area contributed by atoms with Crippen LogP contribution in [0.4, 0.5) is 5.69 Å². The van der Waals surface area contributed by atoms with Gasteiger partial charge in [0.2, 0.25) is 0 Å². The van der Waals surface area contributed by atoms with Gasteiger partial charge in [-0.05, 0) is 30.3 Å². The summed E-state index contributed by atoms with van der Waals surface area (Å²) in [6, 6.07) is 9.79. The third-order valence-corrected chi connectivity index (χ3v) is 3.33. The molecule has 0 aliphatic carbocycles. The van der Waals surface area contributed by atoms with Crippen molar-refractivity contribution in [2.75, 3.05) is 19.5 Å². The Kier molecular flexibility index (Phi) is 3.76. The van der Waals surface area contributed by atoms with Crippen molar-refractivity contribution in [1.82, 2.24) is 4.98 Å². The number of anilines is 1. The van der Waals surface area contributed by atoms with Crippen molar-refractivity contribution in [3.63, 3.8) is 0 Å². The summed E-state index contributed by atoms with van der Waals surface area (Å²) in [6.07, 6.45) is 0. The minimum Gasteiger partial charge on any atom is -0.497 e. The Hall–Kier alpha value is -3.22. The summed E-state index contributed by atoms with van der Waals surface area (Å²) in [6.45, 7) is 0. The third-order valence-electron chi connectivity index (χ3n) is 3.33. The van der Waals surface area contributed by atoms with E-state index in [9.17, 15) is 9.59 Å². The minimum absolute atomic E-state index is 0.338. The molecule has 7 nitrogen and oxygen atoms in total. The molecule has 0 fully saturated rings. The first kappa shape index (κ1) is 14.7. The lowest BCUT2D eigenvalue weighted by molar-refractivity contribution is 0.102. The van der Waals surface area contributed by atoms with Crippen molar-refractivity contribution in [3.05, 3.63) is 52.5 Å². The molecule has 0 radical (unpaired) electrons. The van der Waals surface area contributed by atoms with Crippen LogP contribution in [-0.2, 0) is 0 Å². The second-order valence-electron chi connectivity index (χ2n) is 4.75. The summed E-state index contributed by atoms with van der Waals surface area (Å²) in [5.74, 6) is 0.116. The number of aromatic nitrogens is 1. The molecule has 0 aliphatic heterocycles. The second-order valence-corrected chi connectivity index (χ2v) is 4.75. The van der Waals surface area contributed by atoms with Gasteiger partial charge in [-0.1, -0.05) is 0 Å². The number of nitrogens with one attached hydrogen (secondary N) is 2. The van der Waals surface area contributed by atoms with E-state index in [4.69, 9.17) is 13.9 Å². The third kappa shape index (κ3) is 2.89. The number of ether oxygens (including phenoxy) is 2. The van der Waals surface area contributed by atoms with Gasteiger partial charge in [0.25, 0.3) is 5.91 Å². The number of aromatic amines is 1. The van der Waals surface area contributed by atoms with Crippen molar-refractivity contribution in [2.24, 2.45) is 0 Å². The van der Waals surface area contributed by atoms with Gasteiger partial charge in [-0.15, -0.1) is 0 Å². The first-order valence-electron chi connectivity index (χ1n) is 6.77. The number of H-pyrrole nitrogens is 1. The topological polar surface area (TPSA) is 93.6 Å². The fourth-order valence-corrected chi connectivity index (χ4v) is 2.21. The van der Waals surface area contributed by atoms with Gasteiger partial charge in [-0.3, -0.25) is 9.78 Å². The van der Waals surface area contributed by atoms with Gasteiger partial charge in [0, 0.05) is 11.8 Å². The molecule has 2 aromatic carbocycles. The van der Waals surface area contributed by atoms with Crippen LogP contribution in [0.1, 0.15) is 10.4 Å². The maximum absolute atomic E-state index is 12.4. The van der Waals surface area contributed by atoms with E-state index in [1.807, 2.05) is 0 Å². The first-order valence-corrected chi connectivity index (χ1v) is 6.77. The molecule has 118 valence electrons. The van der Waals surface area contributed by atoms with Crippen LogP contribution in [0.5, 0.6) is 11.5 Å². The van der Waals surface area contributed by atoms with Crippen molar-refractivity contribution in [2.45, 2.75) is 0 Å². The molecule has 23 heavy (non-hydrogen) atoms.